The fourth-order valence-electron chi connectivity index (χ4n) is 2.20. The number of anilines is 1. The Hall–Kier alpha value is -1.34. The van der Waals surface area contributed by atoms with E-state index in [1.165, 1.54) is 0 Å². The topological polar surface area (TPSA) is 51.2 Å². The molecule has 0 spiro atoms. The highest BCUT2D eigenvalue weighted by molar-refractivity contribution is 9.11. The lowest BCUT2D eigenvalue weighted by Gasteiger charge is -2.12. The number of ether oxygens (including phenoxy) is 1. The summed E-state index contributed by atoms with van der Waals surface area (Å²) in [7, 11) is 0. The van der Waals surface area contributed by atoms with Gasteiger partial charge in [0.15, 0.2) is 12.4 Å². The van der Waals surface area contributed by atoms with Crippen LogP contribution in [0.5, 0.6) is 5.75 Å². The highest BCUT2D eigenvalue weighted by Crippen LogP contribution is 2.37. The van der Waals surface area contributed by atoms with E-state index in [0.29, 0.717) is 31.5 Å². The smallest absolute Gasteiger partial charge is 0.262 e. The molecule has 1 amide bonds. The van der Waals surface area contributed by atoms with Crippen LogP contribution < -0.4 is 10.1 Å². The van der Waals surface area contributed by atoms with E-state index in [4.69, 9.17) is 27.9 Å². The molecule has 8 heteroatoms. The second-order valence-electron chi connectivity index (χ2n) is 5.03. The van der Waals surface area contributed by atoms with Crippen molar-refractivity contribution in [3.05, 3.63) is 61.6 Å². The molecule has 1 aromatic heterocycles. The molecular weight excluding hydrogens is 495 g/mol. The second-order valence-corrected chi connectivity index (χ2v) is 7.58. The molecular formula is C17H10Br2Cl2N2O2. The average molecular weight is 505 g/mol. The number of aromatic nitrogens is 1. The number of nitrogens with one attached hydrogen (secondary N) is 1. The van der Waals surface area contributed by atoms with Crippen molar-refractivity contribution >= 4 is 77.6 Å². The Labute approximate surface area is 170 Å². The minimum atomic E-state index is -0.358. The summed E-state index contributed by atoms with van der Waals surface area (Å²) in [6.07, 6.45) is 1.67. The van der Waals surface area contributed by atoms with Crippen LogP contribution in [0.2, 0.25) is 10.0 Å². The van der Waals surface area contributed by atoms with Gasteiger partial charge in [0.05, 0.1) is 15.2 Å². The van der Waals surface area contributed by atoms with Crippen LogP contribution in [-0.2, 0) is 4.79 Å². The summed E-state index contributed by atoms with van der Waals surface area (Å²) >= 11 is 18.9. The van der Waals surface area contributed by atoms with Crippen molar-refractivity contribution in [2.45, 2.75) is 0 Å². The predicted molar refractivity (Wildman–Crippen MR) is 108 cm³/mol. The van der Waals surface area contributed by atoms with Gasteiger partial charge in [-0.3, -0.25) is 9.78 Å². The maximum atomic E-state index is 12.2. The van der Waals surface area contributed by atoms with Gasteiger partial charge in [-0.2, -0.15) is 0 Å². The van der Waals surface area contributed by atoms with Gasteiger partial charge in [0.2, 0.25) is 0 Å². The lowest BCUT2D eigenvalue weighted by atomic mass is 10.2. The molecule has 128 valence electrons. The Morgan fingerprint density at radius 3 is 2.76 bits per heavy atom. The Balaban J connectivity index is 1.79. The van der Waals surface area contributed by atoms with Crippen molar-refractivity contribution in [3.8, 4) is 5.75 Å². The van der Waals surface area contributed by atoms with Gasteiger partial charge >= 0.3 is 0 Å². The van der Waals surface area contributed by atoms with Crippen molar-refractivity contribution in [2.24, 2.45) is 0 Å². The second kappa shape index (κ2) is 7.91. The molecule has 1 heterocycles. The zero-order valence-electron chi connectivity index (χ0n) is 12.5. The molecule has 0 unspecified atom stereocenters. The maximum Gasteiger partial charge on any atom is 0.262 e. The summed E-state index contributed by atoms with van der Waals surface area (Å²) in [6.45, 7) is -0.200. The average Bonchev–Trinajstić information content (AvgIpc) is 2.58. The van der Waals surface area contributed by atoms with Gasteiger partial charge in [0, 0.05) is 21.1 Å². The van der Waals surface area contributed by atoms with Crippen LogP contribution in [0.15, 0.2) is 51.5 Å². The van der Waals surface area contributed by atoms with Crippen LogP contribution in [0.4, 0.5) is 5.69 Å². The van der Waals surface area contributed by atoms with E-state index in [1.807, 2.05) is 18.2 Å². The summed E-state index contributed by atoms with van der Waals surface area (Å²) in [5.41, 5.74) is 1.08. The molecule has 0 saturated heterocycles. The van der Waals surface area contributed by atoms with Crippen molar-refractivity contribution in [1.82, 2.24) is 4.98 Å². The summed E-state index contributed by atoms with van der Waals surface area (Å²) < 4.78 is 7.26. The Bertz CT molecular complexity index is 967. The molecule has 0 fully saturated rings. The summed E-state index contributed by atoms with van der Waals surface area (Å²) in [5, 5.41) is 4.44. The molecule has 4 nitrogen and oxygen atoms in total. The number of hydrogen-bond acceptors (Lipinski definition) is 3. The SMILES string of the molecule is O=C(COc1c(Br)cc(Br)c2cccnc12)Nc1cc(Cl)ccc1Cl. The van der Waals surface area contributed by atoms with Gasteiger partial charge in [0.1, 0.15) is 5.52 Å². The molecule has 0 bridgehead atoms. The number of nitrogens with zero attached hydrogens (tertiary/aromatic N) is 1. The van der Waals surface area contributed by atoms with E-state index in [1.54, 1.807) is 24.4 Å². The number of pyridine rings is 1. The minimum absolute atomic E-state index is 0.200. The van der Waals surface area contributed by atoms with E-state index in [-0.39, 0.29) is 12.5 Å². The first kappa shape index (κ1) is 18.5. The molecule has 1 N–H and O–H groups in total. The molecule has 3 rings (SSSR count). The summed E-state index contributed by atoms with van der Waals surface area (Å²) in [4.78, 5) is 16.5. The fraction of sp³-hybridized carbons (Fsp3) is 0.0588. The molecule has 0 radical (unpaired) electrons. The lowest BCUT2D eigenvalue weighted by molar-refractivity contribution is -0.118. The third-order valence-electron chi connectivity index (χ3n) is 3.30. The van der Waals surface area contributed by atoms with E-state index >= 15 is 0 Å². The first-order valence-electron chi connectivity index (χ1n) is 7.06. The van der Waals surface area contributed by atoms with Gasteiger partial charge in [-0.05, 0) is 46.3 Å². The Morgan fingerprint density at radius 1 is 1.16 bits per heavy atom. The number of carbonyl (C=O) groups excluding carboxylic acids is 1. The molecule has 0 saturated carbocycles. The standard InChI is InChI=1S/C17H10Br2Cl2N2O2/c18-11-7-12(19)17(16-10(11)2-1-5-22-16)25-8-15(24)23-14-6-9(20)3-4-13(14)21/h1-7H,8H2,(H,23,24). The number of benzene rings is 2. The Kier molecular flexibility index (Phi) is 5.84. The minimum Gasteiger partial charge on any atom is -0.480 e. The molecule has 0 aliphatic carbocycles. The first-order chi connectivity index (χ1) is 12.0. The predicted octanol–water partition coefficient (Wildman–Crippen LogP) is 6.08. The molecule has 2 aromatic carbocycles. The van der Waals surface area contributed by atoms with Crippen LogP contribution in [0.1, 0.15) is 0 Å². The fourth-order valence-corrected chi connectivity index (χ4v) is 3.93. The number of amides is 1. The molecule has 25 heavy (non-hydrogen) atoms. The zero-order valence-corrected chi connectivity index (χ0v) is 17.2. The van der Waals surface area contributed by atoms with E-state index in [9.17, 15) is 4.79 Å². The van der Waals surface area contributed by atoms with Crippen LogP contribution >= 0.6 is 55.1 Å². The van der Waals surface area contributed by atoms with Crippen molar-refractivity contribution < 1.29 is 9.53 Å². The lowest BCUT2D eigenvalue weighted by Crippen LogP contribution is -2.20. The van der Waals surface area contributed by atoms with Crippen molar-refractivity contribution in [2.75, 3.05) is 11.9 Å². The molecule has 0 aliphatic heterocycles. The number of hydrogen-bond donors (Lipinski definition) is 1. The third-order valence-corrected chi connectivity index (χ3v) is 5.11. The van der Waals surface area contributed by atoms with E-state index in [2.05, 4.69) is 42.2 Å². The monoisotopic (exact) mass is 502 g/mol. The quantitative estimate of drug-likeness (QED) is 0.468. The van der Waals surface area contributed by atoms with E-state index in [0.717, 1.165) is 9.86 Å². The number of carbonyl (C=O) groups is 1. The van der Waals surface area contributed by atoms with Crippen molar-refractivity contribution in [3.63, 3.8) is 0 Å². The third kappa shape index (κ3) is 4.26. The van der Waals surface area contributed by atoms with Crippen LogP contribution in [0, 0.1) is 0 Å². The van der Waals surface area contributed by atoms with Gasteiger partial charge in [-0.15, -0.1) is 0 Å². The first-order valence-corrected chi connectivity index (χ1v) is 9.40. The highest BCUT2D eigenvalue weighted by atomic mass is 79.9. The zero-order chi connectivity index (χ0) is 18.0. The van der Waals surface area contributed by atoms with E-state index < -0.39 is 0 Å². The van der Waals surface area contributed by atoms with Crippen LogP contribution in [0.3, 0.4) is 0 Å². The summed E-state index contributed by atoms with van der Waals surface area (Å²) in [5.74, 6) is 0.134. The van der Waals surface area contributed by atoms with Gasteiger partial charge in [-0.25, -0.2) is 0 Å². The van der Waals surface area contributed by atoms with Crippen LogP contribution in [-0.4, -0.2) is 17.5 Å². The molecule has 3 aromatic rings. The summed E-state index contributed by atoms with van der Waals surface area (Å²) in [6, 6.07) is 10.4. The van der Waals surface area contributed by atoms with Crippen LogP contribution in [0.25, 0.3) is 10.9 Å². The molecule has 0 aliphatic rings. The Morgan fingerprint density at radius 2 is 1.96 bits per heavy atom. The number of rotatable bonds is 4. The maximum absolute atomic E-state index is 12.2. The van der Waals surface area contributed by atoms with Gasteiger partial charge in [-0.1, -0.05) is 45.2 Å². The largest absolute Gasteiger partial charge is 0.480 e. The highest BCUT2D eigenvalue weighted by Gasteiger charge is 2.14. The van der Waals surface area contributed by atoms with Gasteiger partial charge in [0.25, 0.3) is 5.91 Å². The molecule has 0 atom stereocenters. The van der Waals surface area contributed by atoms with Crippen molar-refractivity contribution in [1.29, 1.82) is 0 Å². The normalized spacial score (nSPS) is 10.7. The number of fused-ring (bicyclic) bond motifs is 1. The number of halogens is 4. The van der Waals surface area contributed by atoms with Gasteiger partial charge < -0.3 is 10.1 Å².